The molecule has 1 atom stereocenters. The Morgan fingerprint density at radius 2 is 2.21 bits per heavy atom. The van der Waals surface area contributed by atoms with Crippen LogP contribution in [-0.4, -0.2) is 50.6 Å². The fraction of sp³-hybridized carbons (Fsp3) is 0.700. The van der Waals surface area contributed by atoms with Gasteiger partial charge in [0.15, 0.2) is 0 Å². The first-order valence-electron chi connectivity index (χ1n) is 4.65. The standard InChI is InChI=1S/C10H19N3O/c1-5-6-11-8-10(14)12-7-9(2)13(3)4/h1,9,11H,6-8H2,2-4H3,(H,12,14). The molecule has 4 nitrogen and oxygen atoms in total. The smallest absolute Gasteiger partial charge is 0.234 e. The van der Waals surface area contributed by atoms with Crippen LogP contribution in [0.4, 0.5) is 0 Å². The van der Waals surface area contributed by atoms with Crippen molar-refractivity contribution in [3.63, 3.8) is 0 Å². The summed E-state index contributed by atoms with van der Waals surface area (Å²) in [5, 5.41) is 5.64. The van der Waals surface area contributed by atoms with Gasteiger partial charge in [-0.05, 0) is 21.0 Å². The summed E-state index contributed by atoms with van der Waals surface area (Å²) in [6.07, 6.45) is 5.03. The molecule has 0 saturated carbocycles. The van der Waals surface area contributed by atoms with Gasteiger partial charge in [0.25, 0.3) is 0 Å². The number of rotatable bonds is 6. The zero-order chi connectivity index (χ0) is 11.0. The van der Waals surface area contributed by atoms with E-state index >= 15 is 0 Å². The fourth-order valence-electron chi connectivity index (χ4n) is 0.755. The minimum Gasteiger partial charge on any atom is -0.353 e. The van der Waals surface area contributed by atoms with Gasteiger partial charge in [-0.25, -0.2) is 0 Å². The second kappa shape index (κ2) is 7.36. The Hall–Kier alpha value is -1.05. The molecular weight excluding hydrogens is 178 g/mol. The van der Waals surface area contributed by atoms with Gasteiger partial charge in [0, 0.05) is 12.6 Å². The molecule has 0 spiro atoms. The van der Waals surface area contributed by atoms with Gasteiger partial charge in [0.05, 0.1) is 13.1 Å². The average Bonchev–Trinajstić information content (AvgIpc) is 2.14. The molecule has 1 unspecified atom stereocenters. The second-order valence-corrected chi connectivity index (χ2v) is 3.42. The van der Waals surface area contributed by atoms with Crippen molar-refractivity contribution in [2.24, 2.45) is 0 Å². The summed E-state index contributed by atoms with van der Waals surface area (Å²) in [5.74, 6) is 2.39. The quantitative estimate of drug-likeness (QED) is 0.436. The Bertz CT molecular complexity index is 208. The number of hydrogen-bond acceptors (Lipinski definition) is 3. The Morgan fingerprint density at radius 3 is 2.71 bits per heavy atom. The predicted molar refractivity (Wildman–Crippen MR) is 57.9 cm³/mol. The third-order valence-electron chi connectivity index (χ3n) is 1.99. The van der Waals surface area contributed by atoms with E-state index in [-0.39, 0.29) is 12.5 Å². The van der Waals surface area contributed by atoms with Crippen LogP contribution in [0.2, 0.25) is 0 Å². The van der Waals surface area contributed by atoms with Gasteiger partial charge in [0.2, 0.25) is 5.91 Å². The molecule has 0 heterocycles. The van der Waals surface area contributed by atoms with Crippen molar-refractivity contribution >= 4 is 5.91 Å². The Balaban J connectivity index is 3.50. The van der Waals surface area contributed by atoms with E-state index in [2.05, 4.69) is 28.4 Å². The number of carbonyl (C=O) groups excluding carboxylic acids is 1. The maximum atomic E-state index is 11.2. The molecule has 0 aromatic heterocycles. The zero-order valence-electron chi connectivity index (χ0n) is 9.13. The summed E-state index contributed by atoms with van der Waals surface area (Å²) in [7, 11) is 3.96. The number of carbonyl (C=O) groups is 1. The number of likely N-dealkylation sites (N-methyl/N-ethyl adjacent to an activating group) is 1. The highest BCUT2D eigenvalue weighted by atomic mass is 16.1. The number of terminal acetylenes is 1. The van der Waals surface area contributed by atoms with Gasteiger partial charge in [-0.2, -0.15) is 0 Å². The van der Waals surface area contributed by atoms with Crippen molar-refractivity contribution < 1.29 is 4.79 Å². The lowest BCUT2D eigenvalue weighted by Gasteiger charge is -2.19. The average molecular weight is 197 g/mol. The van der Waals surface area contributed by atoms with E-state index in [9.17, 15) is 4.79 Å². The molecule has 2 N–H and O–H groups in total. The van der Waals surface area contributed by atoms with Crippen LogP contribution in [0.25, 0.3) is 0 Å². The summed E-state index contributed by atoms with van der Waals surface area (Å²) in [6.45, 7) is 3.42. The molecule has 4 heteroatoms. The van der Waals surface area contributed by atoms with E-state index in [0.717, 1.165) is 0 Å². The third-order valence-corrected chi connectivity index (χ3v) is 1.99. The topological polar surface area (TPSA) is 44.4 Å². The van der Waals surface area contributed by atoms with Crippen LogP contribution in [-0.2, 0) is 4.79 Å². The van der Waals surface area contributed by atoms with Crippen molar-refractivity contribution in [3.8, 4) is 12.3 Å². The summed E-state index contributed by atoms with van der Waals surface area (Å²) in [5.41, 5.74) is 0. The van der Waals surface area contributed by atoms with E-state index < -0.39 is 0 Å². The van der Waals surface area contributed by atoms with Gasteiger partial charge in [0.1, 0.15) is 0 Å². The Morgan fingerprint density at radius 1 is 1.57 bits per heavy atom. The largest absolute Gasteiger partial charge is 0.353 e. The van der Waals surface area contributed by atoms with Crippen molar-refractivity contribution in [3.05, 3.63) is 0 Å². The zero-order valence-corrected chi connectivity index (χ0v) is 9.13. The van der Waals surface area contributed by atoms with Crippen molar-refractivity contribution in [2.75, 3.05) is 33.7 Å². The summed E-state index contributed by atoms with van der Waals surface area (Å²) < 4.78 is 0. The lowest BCUT2D eigenvalue weighted by Crippen LogP contribution is -2.41. The number of hydrogen-bond donors (Lipinski definition) is 2. The molecule has 0 saturated heterocycles. The highest BCUT2D eigenvalue weighted by Gasteiger charge is 2.05. The molecule has 0 radical (unpaired) electrons. The van der Waals surface area contributed by atoms with E-state index in [1.54, 1.807) is 0 Å². The fourth-order valence-corrected chi connectivity index (χ4v) is 0.755. The van der Waals surface area contributed by atoms with Crippen LogP contribution >= 0.6 is 0 Å². The van der Waals surface area contributed by atoms with E-state index in [4.69, 9.17) is 6.42 Å². The van der Waals surface area contributed by atoms with E-state index in [0.29, 0.717) is 19.1 Å². The molecule has 0 rings (SSSR count). The number of nitrogens with one attached hydrogen (secondary N) is 2. The molecule has 0 aromatic carbocycles. The summed E-state index contributed by atoms with van der Waals surface area (Å²) in [6, 6.07) is 0.339. The molecule has 0 fully saturated rings. The van der Waals surface area contributed by atoms with Crippen molar-refractivity contribution in [1.29, 1.82) is 0 Å². The normalized spacial score (nSPS) is 12.2. The van der Waals surface area contributed by atoms with Crippen LogP contribution in [0, 0.1) is 12.3 Å². The highest BCUT2D eigenvalue weighted by molar-refractivity contribution is 5.78. The van der Waals surface area contributed by atoms with Crippen LogP contribution in [0.3, 0.4) is 0 Å². The molecule has 0 aliphatic rings. The Labute approximate surface area is 86.0 Å². The van der Waals surface area contributed by atoms with Gasteiger partial charge >= 0.3 is 0 Å². The number of amides is 1. The van der Waals surface area contributed by atoms with E-state index in [1.807, 2.05) is 14.1 Å². The van der Waals surface area contributed by atoms with E-state index in [1.165, 1.54) is 0 Å². The molecule has 0 aliphatic carbocycles. The molecule has 0 bridgehead atoms. The lowest BCUT2D eigenvalue weighted by atomic mass is 10.3. The SMILES string of the molecule is C#CCNCC(=O)NCC(C)N(C)C. The summed E-state index contributed by atoms with van der Waals surface area (Å²) in [4.78, 5) is 13.2. The van der Waals surface area contributed by atoms with Gasteiger partial charge in [-0.15, -0.1) is 6.42 Å². The minimum absolute atomic E-state index is 0.0195. The minimum atomic E-state index is -0.0195. The van der Waals surface area contributed by atoms with Crippen LogP contribution < -0.4 is 10.6 Å². The molecule has 0 aliphatic heterocycles. The maximum absolute atomic E-state index is 11.2. The third kappa shape index (κ3) is 6.46. The first-order chi connectivity index (χ1) is 6.57. The maximum Gasteiger partial charge on any atom is 0.234 e. The second-order valence-electron chi connectivity index (χ2n) is 3.42. The molecule has 1 amide bonds. The van der Waals surface area contributed by atoms with Crippen molar-refractivity contribution in [1.82, 2.24) is 15.5 Å². The lowest BCUT2D eigenvalue weighted by molar-refractivity contribution is -0.120. The predicted octanol–water partition coefficient (Wildman–Crippen LogP) is -0.724. The van der Waals surface area contributed by atoms with Crippen molar-refractivity contribution in [2.45, 2.75) is 13.0 Å². The number of nitrogens with zero attached hydrogens (tertiary/aromatic N) is 1. The van der Waals surface area contributed by atoms with Crippen LogP contribution in [0.1, 0.15) is 6.92 Å². The molecule has 80 valence electrons. The first-order valence-corrected chi connectivity index (χ1v) is 4.65. The van der Waals surface area contributed by atoms with Crippen LogP contribution in [0.15, 0.2) is 0 Å². The summed E-state index contributed by atoms with van der Waals surface area (Å²) >= 11 is 0. The first kappa shape index (κ1) is 12.9. The van der Waals surface area contributed by atoms with Gasteiger partial charge in [-0.3, -0.25) is 10.1 Å². The molecular formula is C10H19N3O. The monoisotopic (exact) mass is 197 g/mol. The van der Waals surface area contributed by atoms with Crippen LogP contribution in [0.5, 0.6) is 0 Å². The Kier molecular flexibility index (Phi) is 6.81. The van der Waals surface area contributed by atoms with Gasteiger partial charge < -0.3 is 10.2 Å². The molecule has 14 heavy (non-hydrogen) atoms. The highest BCUT2D eigenvalue weighted by Crippen LogP contribution is 1.87. The molecule has 0 aromatic rings. The van der Waals surface area contributed by atoms with Gasteiger partial charge in [-0.1, -0.05) is 5.92 Å².